The van der Waals surface area contributed by atoms with E-state index in [2.05, 4.69) is 26.5 Å². The molecule has 2 nitrogen and oxygen atoms in total. The molecule has 0 unspecified atom stereocenters. The van der Waals surface area contributed by atoms with Gasteiger partial charge in [0.15, 0.2) is 11.5 Å². The molecule has 0 aromatic heterocycles. The zero-order valence-electron chi connectivity index (χ0n) is 9.49. The van der Waals surface area contributed by atoms with Crippen molar-refractivity contribution in [2.75, 3.05) is 19.5 Å². The minimum Gasteiger partial charge on any atom is -0.493 e. The Morgan fingerprint density at radius 2 is 2.13 bits per heavy atom. The van der Waals surface area contributed by atoms with Crippen molar-refractivity contribution in [3.63, 3.8) is 0 Å². The first-order chi connectivity index (χ1) is 7.22. The molecule has 0 radical (unpaired) electrons. The third kappa shape index (κ3) is 3.09. The van der Waals surface area contributed by atoms with E-state index in [4.69, 9.17) is 9.47 Å². The Morgan fingerprint density at radius 1 is 1.40 bits per heavy atom. The van der Waals surface area contributed by atoms with Gasteiger partial charge in [0.1, 0.15) is 7.85 Å². The number of benzene rings is 1. The summed E-state index contributed by atoms with van der Waals surface area (Å²) in [6, 6.07) is 6.03. The smallest absolute Gasteiger partial charge is 0.161 e. The van der Waals surface area contributed by atoms with Gasteiger partial charge in [-0.3, -0.25) is 0 Å². The van der Waals surface area contributed by atoms with E-state index >= 15 is 0 Å². The first kappa shape index (κ1) is 12.3. The maximum atomic E-state index is 5.51. The molecule has 1 aromatic carbocycles. The number of thiol groups is 1. The fourth-order valence-corrected chi connectivity index (χ4v) is 1.58. The molecule has 0 amide bonds. The summed E-state index contributed by atoms with van der Waals surface area (Å²) in [6.45, 7) is 2.61. The molecule has 1 atom stereocenters. The van der Waals surface area contributed by atoms with Crippen LogP contribution in [0.1, 0.15) is 18.3 Å². The summed E-state index contributed by atoms with van der Waals surface area (Å²) in [6.07, 6.45) is 0. The summed E-state index contributed by atoms with van der Waals surface area (Å²) < 4.78 is 10.7. The fraction of sp³-hybridized carbons (Fsp3) is 0.455. The van der Waals surface area contributed by atoms with Gasteiger partial charge in [-0.2, -0.15) is 12.6 Å². The quantitative estimate of drug-likeness (QED) is 0.606. The van der Waals surface area contributed by atoms with Gasteiger partial charge in [-0.1, -0.05) is 6.07 Å². The van der Waals surface area contributed by atoms with Gasteiger partial charge in [0, 0.05) is 0 Å². The lowest BCUT2D eigenvalue weighted by Gasteiger charge is -2.13. The van der Waals surface area contributed by atoms with E-state index in [1.807, 2.05) is 19.1 Å². The molecule has 0 aliphatic heterocycles. The van der Waals surface area contributed by atoms with Gasteiger partial charge in [0.25, 0.3) is 0 Å². The molecule has 0 aliphatic carbocycles. The SMILES string of the molecule is B[C@@H](CS)c1ccc(OC)c(OCC)c1. The van der Waals surface area contributed by atoms with Gasteiger partial charge in [-0.15, -0.1) is 0 Å². The van der Waals surface area contributed by atoms with Gasteiger partial charge in [-0.25, -0.2) is 0 Å². The Hall–Kier alpha value is -0.765. The monoisotopic (exact) mass is 224 g/mol. The zero-order chi connectivity index (χ0) is 11.3. The molecule has 0 bridgehead atoms. The second-order valence-corrected chi connectivity index (χ2v) is 3.79. The van der Waals surface area contributed by atoms with Crippen LogP contribution in [0, 0.1) is 0 Å². The van der Waals surface area contributed by atoms with Crippen LogP contribution in [0.25, 0.3) is 0 Å². The molecule has 82 valence electrons. The highest BCUT2D eigenvalue weighted by atomic mass is 32.1. The lowest BCUT2D eigenvalue weighted by molar-refractivity contribution is 0.310. The third-order valence-electron chi connectivity index (χ3n) is 2.33. The fourth-order valence-electron chi connectivity index (χ4n) is 1.37. The first-order valence-corrected chi connectivity index (χ1v) is 5.77. The van der Waals surface area contributed by atoms with Crippen LogP contribution in [0.5, 0.6) is 11.5 Å². The van der Waals surface area contributed by atoms with E-state index in [1.54, 1.807) is 7.11 Å². The number of methoxy groups -OCH3 is 1. The minimum absolute atomic E-state index is 0.429. The summed E-state index contributed by atoms with van der Waals surface area (Å²) in [5.74, 6) is 2.86. The maximum absolute atomic E-state index is 5.51. The highest BCUT2D eigenvalue weighted by Gasteiger charge is 2.09. The van der Waals surface area contributed by atoms with Crippen molar-refractivity contribution in [3.8, 4) is 11.5 Å². The predicted molar refractivity (Wildman–Crippen MR) is 69.3 cm³/mol. The van der Waals surface area contributed by atoms with E-state index < -0.39 is 0 Å². The molecule has 1 rings (SSSR count). The van der Waals surface area contributed by atoms with Gasteiger partial charge in [0.2, 0.25) is 0 Å². The summed E-state index contributed by atoms with van der Waals surface area (Å²) in [7, 11) is 3.80. The van der Waals surface area contributed by atoms with Crippen LogP contribution < -0.4 is 9.47 Å². The Balaban J connectivity index is 2.98. The Bertz CT molecular complexity index is 317. The van der Waals surface area contributed by atoms with Crippen molar-refractivity contribution in [3.05, 3.63) is 23.8 Å². The van der Waals surface area contributed by atoms with Crippen LogP contribution in [-0.4, -0.2) is 27.3 Å². The molecule has 0 spiro atoms. The zero-order valence-corrected chi connectivity index (χ0v) is 10.4. The first-order valence-electron chi connectivity index (χ1n) is 5.14. The Morgan fingerprint density at radius 3 is 2.67 bits per heavy atom. The number of hydrogen-bond acceptors (Lipinski definition) is 3. The molecule has 0 heterocycles. The van der Waals surface area contributed by atoms with Crippen molar-refractivity contribution in [2.24, 2.45) is 0 Å². The van der Waals surface area contributed by atoms with Crippen LogP contribution >= 0.6 is 12.6 Å². The second-order valence-electron chi connectivity index (χ2n) is 3.43. The van der Waals surface area contributed by atoms with Gasteiger partial charge in [-0.05, 0) is 36.2 Å². The average molecular weight is 224 g/mol. The number of rotatable bonds is 5. The van der Waals surface area contributed by atoms with E-state index in [1.165, 1.54) is 5.56 Å². The Labute approximate surface area is 97.8 Å². The molecule has 0 saturated carbocycles. The Kier molecular flexibility index (Phi) is 4.89. The molecule has 0 aliphatic rings. The summed E-state index contributed by atoms with van der Waals surface area (Å²) in [4.78, 5) is 0. The maximum Gasteiger partial charge on any atom is 0.161 e. The normalized spacial score (nSPS) is 12.2. The molecule has 0 N–H and O–H groups in total. The predicted octanol–water partition coefficient (Wildman–Crippen LogP) is 1.70. The van der Waals surface area contributed by atoms with Crippen molar-refractivity contribution < 1.29 is 9.47 Å². The average Bonchev–Trinajstić information content (AvgIpc) is 2.28. The van der Waals surface area contributed by atoms with Crippen LogP contribution in [0.3, 0.4) is 0 Å². The van der Waals surface area contributed by atoms with Crippen LogP contribution in [0.2, 0.25) is 0 Å². The molecule has 0 saturated heterocycles. The summed E-state index contributed by atoms with van der Waals surface area (Å²) in [5, 5.41) is 0. The van der Waals surface area contributed by atoms with E-state index in [9.17, 15) is 0 Å². The van der Waals surface area contributed by atoms with Crippen molar-refractivity contribution >= 4 is 20.5 Å². The molecule has 4 heteroatoms. The van der Waals surface area contributed by atoms with E-state index in [-0.39, 0.29) is 0 Å². The topological polar surface area (TPSA) is 18.5 Å². The van der Waals surface area contributed by atoms with Crippen LogP contribution in [-0.2, 0) is 0 Å². The number of ether oxygens (including phenoxy) is 2. The molecule has 0 fully saturated rings. The van der Waals surface area contributed by atoms with Crippen molar-refractivity contribution in [1.82, 2.24) is 0 Å². The third-order valence-corrected chi connectivity index (χ3v) is 2.88. The summed E-state index contributed by atoms with van der Waals surface area (Å²) in [5.41, 5.74) is 1.23. The minimum atomic E-state index is 0.429. The summed E-state index contributed by atoms with van der Waals surface area (Å²) >= 11 is 4.29. The van der Waals surface area contributed by atoms with Gasteiger partial charge >= 0.3 is 0 Å². The second kappa shape index (κ2) is 5.96. The van der Waals surface area contributed by atoms with E-state index in [0.29, 0.717) is 12.4 Å². The largest absolute Gasteiger partial charge is 0.493 e. The van der Waals surface area contributed by atoms with Crippen LogP contribution in [0.15, 0.2) is 18.2 Å². The molecule has 1 aromatic rings. The molecular formula is C11H17BO2S. The highest BCUT2D eigenvalue weighted by molar-refractivity contribution is 7.80. The number of hydrogen-bond donors (Lipinski definition) is 1. The standard InChI is InChI=1S/C11H17BO2S/c1-3-14-11-6-8(9(12)7-15)4-5-10(11)13-2/h4-6,9,15H,3,7,12H2,1-2H3/t9-/m0/s1. The molecular weight excluding hydrogens is 207 g/mol. The molecule has 15 heavy (non-hydrogen) atoms. The lowest BCUT2D eigenvalue weighted by atomic mass is 9.83. The van der Waals surface area contributed by atoms with E-state index in [0.717, 1.165) is 17.3 Å². The van der Waals surface area contributed by atoms with Crippen molar-refractivity contribution in [2.45, 2.75) is 12.7 Å². The van der Waals surface area contributed by atoms with Gasteiger partial charge in [0.05, 0.1) is 13.7 Å². The van der Waals surface area contributed by atoms with Crippen molar-refractivity contribution in [1.29, 1.82) is 0 Å². The van der Waals surface area contributed by atoms with Gasteiger partial charge < -0.3 is 9.47 Å². The lowest BCUT2D eigenvalue weighted by Crippen LogP contribution is -2.02. The highest BCUT2D eigenvalue weighted by Crippen LogP contribution is 2.30. The van der Waals surface area contributed by atoms with Crippen LogP contribution in [0.4, 0.5) is 0 Å².